The van der Waals surface area contributed by atoms with Gasteiger partial charge >= 0.3 is 6.09 Å². The van der Waals surface area contributed by atoms with Crippen molar-refractivity contribution in [3.05, 3.63) is 59.9 Å². The molecule has 2 amide bonds. The van der Waals surface area contributed by atoms with Gasteiger partial charge in [-0.25, -0.2) is 17.6 Å². The Kier molecular flexibility index (Phi) is 6.77. The van der Waals surface area contributed by atoms with Crippen molar-refractivity contribution in [1.82, 2.24) is 4.90 Å². The summed E-state index contributed by atoms with van der Waals surface area (Å²) in [4.78, 5) is 22.9. The van der Waals surface area contributed by atoms with Gasteiger partial charge in [-0.1, -0.05) is 6.08 Å². The van der Waals surface area contributed by atoms with Crippen LogP contribution in [0, 0.1) is 5.82 Å². The minimum absolute atomic E-state index is 0.0888. The lowest BCUT2D eigenvalue weighted by Gasteiger charge is -2.18. The van der Waals surface area contributed by atoms with Gasteiger partial charge in [-0.05, 0) is 36.2 Å². The molecule has 0 aliphatic carbocycles. The van der Waals surface area contributed by atoms with E-state index in [-0.39, 0.29) is 18.3 Å². The Hall–Kier alpha value is -3.80. The molecule has 1 saturated heterocycles. The standard InChI is InChI=1S/C21H22FN3O7S/c1-2-3-12-8-13(4-5-18(12)32-14-6-7-25(11-14)21(28)29)24-33(30,31)19-9-15(20(23)27)17(26)10-16(19)22/h2,4-5,8-10,14,24,26H,1,3,6-7,11H2,(H2,23,27)(H,28,29). The number of phenols is 1. The van der Waals surface area contributed by atoms with E-state index < -0.39 is 44.0 Å². The molecule has 0 bridgehead atoms. The average molecular weight is 479 g/mol. The zero-order chi connectivity index (χ0) is 24.3. The van der Waals surface area contributed by atoms with Gasteiger partial charge < -0.3 is 25.6 Å². The molecule has 33 heavy (non-hydrogen) atoms. The first kappa shape index (κ1) is 23.9. The number of carbonyl (C=O) groups excluding carboxylic acids is 1. The van der Waals surface area contributed by atoms with Crippen LogP contribution in [0.15, 0.2) is 47.9 Å². The van der Waals surface area contributed by atoms with Crippen molar-refractivity contribution in [2.75, 3.05) is 17.8 Å². The average Bonchev–Trinajstić information content (AvgIpc) is 3.18. The van der Waals surface area contributed by atoms with Crippen LogP contribution in [0.3, 0.4) is 0 Å². The van der Waals surface area contributed by atoms with Gasteiger partial charge in [0.1, 0.15) is 28.3 Å². The first-order valence-corrected chi connectivity index (χ1v) is 11.2. The van der Waals surface area contributed by atoms with Gasteiger partial charge in [0.05, 0.1) is 12.1 Å². The van der Waals surface area contributed by atoms with Crippen molar-refractivity contribution in [3.8, 4) is 11.5 Å². The molecule has 0 spiro atoms. The molecule has 1 atom stereocenters. The van der Waals surface area contributed by atoms with E-state index in [2.05, 4.69) is 11.3 Å². The second kappa shape index (κ2) is 9.36. The molecule has 1 fully saturated rings. The number of aromatic hydroxyl groups is 1. The molecule has 10 nitrogen and oxygen atoms in total. The lowest BCUT2D eigenvalue weighted by Crippen LogP contribution is -2.29. The predicted molar refractivity (Wildman–Crippen MR) is 116 cm³/mol. The van der Waals surface area contributed by atoms with E-state index in [1.165, 1.54) is 23.1 Å². The van der Waals surface area contributed by atoms with Crippen LogP contribution in [0.2, 0.25) is 0 Å². The molecule has 0 saturated carbocycles. The molecular formula is C21H22FN3O7S. The number of amides is 2. The summed E-state index contributed by atoms with van der Waals surface area (Å²) in [5.41, 5.74) is 5.22. The van der Waals surface area contributed by atoms with Crippen LogP contribution < -0.4 is 15.2 Å². The van der Waals surface area contributed by atoms with Crippen LogP contribution in [0.5, 0.6) is 11.5 Å². The summed E-state index contributed by atoms with van der Waals surface area (Å²) in [5, 5.41) is 18.7. The van der Waals surface area contributed by atoms with Gasteiger partial charge in [0, 0.05) is 24.7 Å². The fourth-order valence-electron chi connectivity index (χ4n) is 3.41. The van der Waals surface area contributed by atoms with E-state index >= 15 is 0 Å². The van der Waals surface area contributed by atoms with Crippen molar-refractivity contribution in [1.29, 1.82) is 0 Å². The Bertz CT molecular complexity index is 1220. The van der Waals surface area contributed by atoms with Crippen LogP contribution in [0.25, 0.3) is 0 Å². The van der Waals surface area contributed by atoms with Gasteiger partial charge in [-0.15, -0.1) is 6.58 Å². The Balaban J connectivity index is 1.86. The molecule has 176 valence electrons. The van der Waals surface area contributed by atoms with E-state index in [0.29, 0.717) is 42.8 Å². The molecular weight excluding hydrogens is 457 g/mol. The third-order valence-electron chi connectivity index (χ3n) is 4.99. The number of hydrogen-bond donors (Lipinski definition) is 4. The summed E-state index contributed by atoms with van der Waals surface area (Å²) >= 11 is 0. The fourth-order valence-corrected chi connectivity index (χ4v) is 4.54. The number of carbonyl (C=O) groups is 2. The second-order valence-electron chi connectivity index (χ2n) is 7.34. The number of sulfonamides is 1. The molecule has 1 heterocycles. The summed E-state index contributed by atoms with van der Waals surface area (Å²) in [6.45, 7) is 4.22. The SMILES string of the molecule is C=CCc1cc(NS(=O)(=O)c2cc(C(N)=O)c(O)cc2F)ccc1OC1CCN(C(=O)O)C1. The summed E-state index contributed by atoms with van der Waals surface area (Å²) in [6, 6.07) is 5.55. The van der Waals surface area contributed by atoms with Gasteiger partial charge in [-0.2, -0.15) is 0 Å². The van der Waals surface area contributed by atoms with Crippen LogP contribution in [-0.4, -0.2) is 54.7 Å². The topological polar surface area (TPSA) is 159 Å². The van der Waals surface area contributed by atoms with Crippen molar-refractivity contribution in [3.63, 3.8) is 0 Å². The fraction of sp³-hybridized carbons (Fsp3) is 0.238. The molecule has 1 unspecified atom stereocenters. The number of ether oxygens (including phenoxy) is 1. The lowest BCUT2D eigenvalue weighted by atomic mass is 10.1. The number of nitrogens with two attached hydrogens (primary N) is 1. The van der Waals surface area contributed by atoms with Crippen molar-refractivity contribution < 1.29 is 37.3 Å². The minimum atomic E-state index is -4.48. The maximum Gasteiger partial charge on any atom is 0.407 e. The number of nitrogens with one attached hydrogen (secondary N) is 1. The first-order chi connectivity index (χ1) is 15.5. The molecule has 5 N–H and O–H groups in total. The van der Waals surface area contributed by atoms with E-state index in [1.54, 1.807) is 6.08 Å². The highest BCUT2D eigenvalue weighted by atomic mass is 32.2. The number of allylic oxidation sites excluding steroid dienone is 1. The van der Waals surface area contributed by atoms with E-state index in [0.717, 1.165) is 0 Å². The monoisotopic (exact) mass is 479 g/mol. The van der Waals surface area contributed by atoms with Crippen molar-refractivity contribution >= 4 is 27.7 Å². The Morgan fingerprint density at radius 2 is 2.06 bits per heavy atom. The predicted octanol–water partition coefficient (Wildman–Crippen LogP) is 2.29. The molecule has 0 radical (unpaired) electrons. The number of likely N-dealkylation sites (tertiary alicyclic amines) is 1. The van der Waals surface area contributed by atoms with Crippen molar-refractivity contribution in [2.24, 2.45) is 5.73 Å². The van der Waals surface area contributed by atoms with Crippen LogP contribution in [0.1, 0.15) is 22.3 Å². The normalized spacial score (nSPS) is 15.8. The minimum Gasteiger partial charge on any atom is -0.507 e. The smallest absolute Gasteiger partial charge is 0.407 e. The number of nitrogens with zero attached hydrogens (tertiary/aromatic N) is 1. The molecule has 1 aliphatic rings. The summed E-state index contributed by atoms with van der Waals surface area (Å²) < 4.78 is 47.9. The zero-order valence-corrected chi connectivity index (χ0v) is 18.1. The van der Waals surface area contributed by atoms with Gasteiger partial charge in [-0.3, -0.25) is 9.52 Å². The largest absolute Gasteiger partial charge is 0.507 e. The molecule has 0 aromatic heterocycles. The third kappa shape index (κ3) is 5.34. The molecule has 3 rings (SSSR count). The van der Waals surface area contributed by atoms with Crippen LogP contribution in [0.4, 0.5) is 14.9 Å². The van der Waals surface area contributed by atoms with Gasteiger partial charge in [0.25, 0.3) is 15.9 Å². The molecule has 1 aliphatic heterocycles. The quantitative estimate of drug-likeness (QED) is 0.423. The third-order valence-corrected chi connectivity index (χ3v) is 6.39. The zero-order valence-electron chi connectivity index (χ0n) is 17.3. The maximum absolute atomic E-state index is 14.3. The highest BCUT2D eigenvalue weighted by Crippen LogP contribution is 2.30. The molecule has 12 heteroatoms. The second-order valence-corrected chi connectivity index (χ2v) is 8.99. The lowest BCUT2D eigenvalue weighted by molar-refractivity contribution is 0.0997. The van der Waals surface area contributed by atoms with E-state index in [9.17, 15) is 27.5 Å². The molecule has 2 aromatic carbocycles. The number of rotatable bonds is 8. The number of carboxylic acid groups (broad SMARTS) is 1. The van der Waals surface area contributed by atoms with Crippen molar-refractivity contribution in [2.45, 2.75) is 23.8 Å². The molecule has 2 aromatic rings. The first-order valence-electron chi connectivity index (χ1n) is 9.75. The highest BCUT2D eigenvalue weighted by molar-refractivity contribution is 7.92. The highest BCUT2D eigenvalue weighted by Gasteiger charge is 2.28. The number of anilines is 1. The van der Waals surface area contributed by atoms with Crippen LogP contribution in [-0.2, 0) is 16.4 Å². The number of benzene rings is 2. The maximum atomic E-state index is 14.3. The number of primary amides is 1. The van der Waals surface area contributed by atoms with E-state index in [1.807, 2.05) is 0 Å². The summed E-state index contributed by atoms with van der Waals surface area (Å²) in [7, 11) is -4.48. The Morgan fingerprint density at radius 1 is 1.33 bits per heavy atom. The Labute approximate surface area is 189 Å². The van der Waals surface area contributed by atoms with Gasteiger partial charge in [0.2, 0.25) is 0 Å². The Morgan fingerprint density at radius 3 is 2.67 bits per heavy atom. The van der Waals surface area contributed by atoms with Gasteiger partial charge in [0.15, 0.2) is 0 Å². The summed E-state index contributed by atoms with van der Waals surface area (Å²) in [6.07, 6.45) is 1.02. The van der Waals surface area contributed by atoms with Crippen LogP contribution >= 0.6 is 0 Å². The summed E-state index contributed by atoms with van der Waals surface area (Å²) in [5.74, 6) is -2.73. The number of halogens is 1. The van der Waals surface area contributed by atoms with E-state index in [4.69, 9.17) is 15.6 Å². The number of hydrogen-bond acceptors (Lipinski definition) is 6.